The average molecular weight is 596 g/mol. The van der Waals surface area contributed by atoms with Crippen LogP contribution in [-0.4, -0.2) is 34.7 Å². The van der Waals surface area contributed by atoms with E-state index in [1.54, 1.807) is 0 Å². The van der Waals surface area contributed by atoms with Crippen LogP contribution in [-0.2, 0) is 12.2 Å². The van der Waals surface area contributed by atoms with Gasteiger partial charge in [0, 0.05) is 39.2 Å². The van der Waals surface area contributed by atoms with Crippen molar-refractivity contribution >= 4 is 43.5 Å². The molecule has 4 rings (SSSR count). The number of piperidine rings is 1. The molecule has 174 valence electrons. The molecule has 7 heteroatoms. The number of aliphatic hydroxyl groups excluding tert-OH is 1. The molecule has 3 aromatic rings. The van der Waals surface area contributed by atoms with Crippen molar-refractivity contribution in [2.75, 3.05) is 19.6 Å². The number of likely N-dealkylation sites (tertiary alicyclic amines) is 1. The van der Waals surface area contributed by atoms with Gasteiger partial charge in [-0.05, 0) is 66.4 Å². The molecular weight excluding hydrogens is 570 g/mol. The quantitative estimate of drug-likeness (QED) is 0.329. The Bertz CT molecular complexity index is 1070. The van der Waals surface area contributed by atoms with E-state index in [9.17, 15) is 10.2 Å². The molecule has 33 heavy (non-hydrogen) atoms. The highest BCUT2D eigenvalue weighted by atomic mass is 79.9. The summed E-state index contributed by atoms with van der Waals surface area (Å²) < 4.78 is 7.93. The Morgan fingerprint density at radius 2 is 1.58 bits per heavy atom. The van der Waals surface area contributed by atoms with Gasteiger partial charge in [0.25, 0.3) is 0 Å². The third-order valence-electron chi connectivity index (χ3n) is 6.13. The second-order valence-electron chi connectivity index (χ2n) is 8.45. The molecule has 1 atom stereocenters. The summed E-state index contributed by atoms with van der Waals surface area (Å²) in [4.78, 5) is 2.20. The van der Waals surface area contributed by atoms with E-state index >= 15 is 0 Å². The number of hydrogen-bond acceptors (Lipinski definition) is 4. The van der Waals surface area contributed by atoms with E-state index in [0.29, 0.717) is 49.9 Å². The van der Waals surface area contributed by atoms with Crippen molar-refractivity contribution < 1.29 is 14.9 Å². The monoisotopic (exact) mass is 593 g/mol. The van der Waals surface area contributed by atoms with Crippen LogP contribution >= 0.6 is 43.5 Å². The van der Waals surface area contributed by atoms with Crippen molar-refractivity contribution in [1.82, 2.24) is 4.90 Å². The van der Waals surface area contributed by atoms with Gasteiger partial charge in [0.15, 0.2) is 0 Å². The lowest BCUT2D eigenvalue weighted by molar-refractivity contribution is -0.0346. The van der Waals surface area contributed by atoms with Crippen LogP contribution in [0.2, 0.25) is 5.02 Å². The second-order valence-corrected chi connectivity index (χ2v) is 10.7. The molecule has 0 aliphatic carbocycles. The highest BCUT2D eigenvalue weighted by Crippen LogP contribution is 2.35. The number of hydrogen-bond donors (Lipinski definition) is 2. The molecule has 0 spiro atoms. The lowest BCUT2D eigenvalue weighted by Gasteiger charge is -2.39. The number of β-amino-alcohol motifs (C(OH)–C–C–N with tert-alkyl or cyclic N) is 1. The molecule has 0 radical (unpaired) electrons. The van der Waals surface area contributed by atoms with Crippen molar-refractivity contribution in [1.29, 1.82) is 0 Å². The first-order valence-electron chi connectivity index (χ1n) is 10.9. The summed E-state index contributed by atoms with van der Waals surface area (Å²) in [6.07, 6.45) is 0.543. The van der Waals surface area contributed by atoms with Crippen LogP contribution in [0.3, 0.4) is 0 Å². The predicted molar refractivity (Wildman–Crippen MR) is 139 cm³/mol. The number of benzene rings is 3. The zero-order valence-corrected chi connectivity index (χ0v) is 22.0. The van der Waals surface area contributed by atoms with Gasteiger partial charge in [-0.1, -0.05) is 67.7 Å². The second kappa shape index (κ2) is 10.9. The van der Waals surface area contributed by atoms with Crippen LogP contribution in [0.25, 0.3) is 0 Å². The Morgan fingerprint density at radius 3 is 2.24 bits per heavy atom. The van der Waals surface area contributed by atoms with E-state index in [0.717, 1.165) is 25.6 Å². The molecule has 0 amide bonds. The van der Waals surface area contributed by atoms with Crippen molar-refractivity contribution in [3.8, 4) is 5.75 Å². The van der Waals surface area contributed by atoms with E-state index in [1.807, 2.05) is 66.7 Å². The molecule has 1 saturated heterocycles. The SMILES string of the molecule is OC(CN1CCC(O)(c2ccc(Br)cc2)CC1)c1cc(Br)ccc1OCc1ccc(Cl)cc1. The maximum Gasteiger partial charge on any atom is 0.125 e. The Labute approximate surface area is 216 Å². The Balaban J connectivity index is 1.39. The third kappa shape index (κ3) is 6.38. The van der Waals surface area contributed by atoms with Crippen LogP contribution in [0.1, 0.15) is 35.6 Å². The molecule has 1 heterocycles. The van der Waals surface area contributed by atoms with Crippen molar-refractivity contribution in [2.24, 2.45) is 0 Å². The van der Waals surface area contributed by atoms with Gasteiger partial charge in [-0.3, -0.25) is 0 Å². The minimum absolute atomic E-state index is 0.391. The number of ether oxygens (including phenoxy) is 1. The van der Waals surface area contributed by atoms with E-state index in [2.05, 4.69) is 36.8 Å². The number of rotatable bonds is 7. The first-order valence-corrected chi connectivity index (χ1v) is 12.8. The summed E-state index contributed by atoms with van der Waals surface area (Å²) >= 11 is 12.9. The number of aliphatic hydroxyl groups is 2. The maximum absolute atomic E-state index is 11.1. The van der Waals surface area contributed by atoms with Crippen LogP contribution in [0.15, 0.2) is 75.7 Å². The summed E-state index contributed by atoms with van der Waals surface area (Å²) in [5.41, 5.74) is 1.86. The van der Waals surface area contributed by atoms with Gasteiger partial charge in [0.05, 0.1) is 11.7 Å². The van der Waals surface area contributed by atoms with Crippen molar-refractivity contribution in [2.45, 2.75) is 31.2 Å². The van der Waals surface area contributed by atoms with Crippen molar-refractivity contribution in [3.05, 3.63) is 97.4 Å². The summed E-state index contributed by atoms with van der Waals surface area (Å²) in [5, 5.41) is 22.9. The highest BCUT2D eigenvalue weighted by molar-refractivity contribution is 9.10. The summed E-state index contributed by atoms with van der Waals surface area (Å²) in [6.45, 7) is 2.28. The number of halogens is 3. The zero-order chi connectivity index (χ0) is 23.4. The summed E-state index contributed by atoms with van der Waals surface area (Å²) in [6, 6.07) is 21.1. The molecule has 0 bridgehead atoms. The van der Waals surface area contributed by atoms with Crippen molar-refractivity contribution in [3.63, 3.8) is 0 Å². The Kier molecular flexibility index (Phi) is 8.15. The Hall–Kier alpha value is -1.41. The van der Waals surface area contributed by atoms with E-state index in [-0.39, 0.29) is 0 Å². The standard InChI is InChI=1S/C26H26Br2ClNO3/c27-20-5-3-19(4-6-20)26(32)11-13-30(14-12-26)16-24(31)23-15-21(28)7-10-25(23)33-17-18-1-8-22(29)9-2-18/h1-10,15,24,31-32H,11-14,16-17H2. The average Bonchev–Trinajstić information content (AvgIpc) is 2.81. The molecule has 1 aliphatic heterocycles. The lowest BCUT2D eigenvalue weighted by atomic mass is 9.84. The first-order chi connectivity index (χ1) is 15.8. The maximum atomic E-state index is 11.1. The normalized spacial score (nSPS) is 17.0. The highest BCUT2D eigenvalue weighted by Gasteiger charge is 2.34. The largest absolute Gasteiger partial charge is 0.489 e. The Morgan fingerprint density at radius 1 is 0.939 bits per heavy atom. The van der Waals surface area contributed by atoms with Crippen LogP contribution in [0.5, 0.6) is 5.75 Å². The molecular formula is C26H26Br2ClNO3. The fraction of sp³-hybridized carbons (Fsp3) is 0.308. The molecule has 1 aliphatic rings. The van der Waals surface area contributed by atoms with E-state index in [1.165, 1.54) is 0 Å². The molecule has 1 unspecified atom stereocenters. The fourth-order valence-corrected chi connectivity index (χ4v) is 4.92. The third-order valence-corrected chi connectivity index (χ3v) is 7.41. The fourth-order valence-electron chi connectivity index (χ4n) is 4.15. The molecule has 1 fully saturated rings. The van der Waals surface area contributed by atoms with E-state index in [4.69, 9.17) is 16.3 Å². The minimum Gasteiger partial charge on any atom is -0.489 e. The van der Waals surface area contributed by atoms with Gasteiger partial charge in [-0.25, -0.2) is 0 Å². The summed E-state index contributed by atoms with van der Waals surface area (Å²) in [5.74, 6) is 0.657. The van der Waals surface area contributed by atoms with Gasteiger partial charge in [0.1, 0.15) is 12.4 Å². The first kappa shape index (κ1) is 24.7. The van der Waals surface area contributed by atoms with Crippen LogP contribution < -0.4 is 4.74 Å². The zero-order valence-electron chi connectivity index (χ0n) is 18.1. The predicted octanol–water partition coefficient (Wildman–Crippen LogP) is 6.46. The van der Waals surface area contributed by atoms with Crippen LogP contribution in [0, 0.1) is 0 Å². The lowest BCUT2D eigenvalue weighted by Crippen LogP contribution is -2.44. The van der Waals surface area contributed by atoms with Gasteiger partial charge >= 0.3 is 0 Å². The van der Waals surface area contributed by atoms with Gasteiger partial charge in [0.2, 0.25) is 0 Å². The molecule has 0 aromatic heterocycles. The molecule has 2 N–H and O–H groups in total. The van der Waals surface area contributed by atoms with Gasteiger partial charge in [-0.15, -0.1) is 0 Å². The van der Waals surface area contributed by atoms with Gasteiger partial charge < -0.3 is 19.8 Å². The van der Waals surface area contributed by atoms with Gasteiger partial charge in [-0.2, -0.15) is 0 Å². The summed E-state index contributed by atoms with van der Waals surface area (Å²) in [7, 11) is 0. The van der Waals surface area contributed by atoms with E-state index < -0.39 is 11.7 Å². The molecule has 0 saturated carbocycles. The minimum atomic E-state index is -0.829. The molecule has 3 aromatic carbocycles. The smallest absolute Gasteiger partial charge is 0.125 e. The topological polar surface area (TPSA) is 52.9 Å². The number of nitrogens with zero attached hydrogens (tertiary/aromatic N) is 1. The molecule has 4 nitrogen and oxygen atoms in total. The van der Waals surface area contributed by atoms with Crippen LogP contribution in [0.4, 0.5) is 0 Å².